The lowest BCUT2D eigenvalue weighted by atomic mass is 10.1. The number of aliphatic hydroxyl groups is 1. The SMILES string of the molecule is O=C(N1CCN(CCOCCO)CC1)N1CCCC(N(c2cc(F)ccc2F)S(=O)(=O)c2ccc(Cl)cc2)C1. The molecule has 4 rings (SSSR count). The average molecular weight is 587 g/mol. The van der Waals surface area contributed by atoms with Crippen LogP contribution in [0.5, 0.6) is 0 Å². The van der Waals surface area contributed by atoms with E-state index in [0.717, 1.165) is 22.5 Å². The highest BCUT2D eigenvalue weighted by atomic mass is 35.5. The van der Waals surface area contributed by atoms with E-state index in [1.807, 2.05) is 0 Å². The van der Waals surface area contributed by atoms with E-state index in [1.54, 1.807) is 9.80 Å². The van der Waals surface area contributed by atoms with Crippen LogP contribution >= 0.6 is 11.6 Å². The van der Waals surface area contributed by atoms with Gasteiger partial charge < -0.3 is 19.6 Å². The van der Waals surface area contributed by atoms with Gasteiger partial charge in [0.05, 0.1) is 36.4 Å². The molecule has 0 bridgehead atoms. The van der Waals surface area contributed by atoms with Gasteiger partial charge >= 0.3 is 6.03 Å². The van der Waals surface area contributed by atoms with Gasteiger partial charge in [-0.25, -0.2) is 22.0 Å². The van der Waals surface area contributed by atoms with Crippen LogP contribution in [-0.2, 0) is 14.8 Å². The normalized spacial score (nSPS) is 18.8. The lowest BCUT2D eigenvalue weighted by molar-refractivity contribution is 0.0576. The number of aliphatic hydroxyl groups excluding tert-OH is 1. The number of piperidine rings is 1. The third-order valence-electron chi connectivity index (χ3n) is 6.95. The smallest absolute Gasteiger partial charge is 0.320 e. The quantitative estimate of drug-likeness (QED) is 0.454. The Morgan fingerprint density at radius 2 is 1.74 bits per heavy atom. The van der Waals surface area contributed by atoms with Crippen molar-refractivity contribution in [3.63, 3.8) is 0 Å². The maximum atomic E-state index is 15.0. The zero-order valence-electron chi connectivity index (χ0n) is 21.5. The van der Waals surface area contributed by atoms with Gasteiger partial charge in [0.15, 0.2) is 0 Å². The fourth-order valence-electron chi connectivity index (χ4n) is 4.94. The van der Waals surface area contributed by atoms with Gasteiger partial charge in [-0.3, -0.25) is 9.21 Å². The van der Waals surface area contributed by atoms with Crippen LogP contribution in [0.25, 0.3) is 0 Å². The van der Waals surface area contributed by atoms with Crippen LogP contribution in [0.15, 0.2) is 47.4 Å². The number of piperazine rings is 1. The van der Waals surface area contributed by atoms with E-state index in [0.29, 0.717) is 70.3 Å². The second-order valence-electron chi connectivity index (χ2n) is 9.54. The minimum absolute atomic E-state index is 0.0244. The van der Waals surface area contributed by atoms with Crippen LogP contribution in [0.2, 0.25) is 5.02 Å². The van der Waals surface area contributed by atoms with Gasteiger partial charge in [-0.1, -0.05) is 11.6 Å². The summed E-state index contributed by atoms with van der Waals surface area (Å²) in [6.07, 6.45) is 0.871. The van der Waals surface area contributed by atoms with Crippen molar-refractivity contribution < 1.29 is 31.8 Å². The summed E-state index contributed by atoms with van der Waals surface area (Å²) in [5.74, 6) is -1.65. The van der Waals surface area contributed by atoms with Gasteiger partial charge in [0.2, 0.25) is 0 Å². The molecule has 13 heteroatoms. The van der Waals surface area contributed by atoms with E-state index in [9.17, 15) is 22.0 Å². The summed E-state index contributed by atoms with van der Waals surface area (Å²) < 4.78 is 63.0. The number of carbonyl (C=O) groups is 1. The second-order valence-corrected chi connectivity index (χ2v) is 11.8. The molecule has 2 aliphatic heterocycles. The van der Waals surface area contributed by atoms with Crippen LogP contribution in [0.4, 0.5) is 19.3 Å². The summed E-state index contributed by atoms with van der Waals surface area (Å²) >= 11 is 5.94. The van der Waals surface area contributed by atoms with E-state index < -0.39 is 33.4 Å². The number of urea groups is 1. The Bertz CT molecular complexity index is 1230. The number of amides is 2. The van der Waals surface area contributed by atoms with Crippen LogP contribution in [0.3, 0.4) is 0 Å². The third-order valence-corrected chi connectivity index (χ3v) is 9.08. The number of anilines is 1. The molecular weight excluding hydrogens is 554 g/mol. The Hall–Kier alpha value is -2.51. The predicted octanol–water partition coefficient (Wildman–Crippen LogP) is 3.02. The number of sulfonamides is 1. The minimum atomic E-state index is -4.32. The number of likely N-dealkylation sites (tertiary alicyclic amines) is 1. The summed E-state index contributed by atoms with van der Waals surface area (Å²) in [5, 5.41) is 9.15. The summed E-state index contributed by atoms with van der Waals surface area (Å²) in [6, 6.07) is 7.17. The molecule has 0 radical (unpaired) electrons. The van der Waals surface area contributed by atoms with Crippen LogP contribution < -0.4 is 4.31 Å². The Morgan fingerprint density at radius 1 is 1.03 bits per heavy atom. The number of ether oxygens (including phenoxy) is 1. The first kappa shape index (κ1) is 29.5. The Labute approximate surface area is 232 Å². The number of benzene rings is 2. The van der Waals surface area contributed by atoms with Crippen molar-refractivity contribution in [3.05, 3.63) is 59.1 Å². The van der Waals surface area contributed by atoms with E-state index in [-0.39, 0.29) is 24.1 Å². The van der Waals surface area contributed by atoms with E-state index in [1.165, 1.54) is 24.3 Å². The highest BCUT2D eigenvalue weighted by Gasteiger charge is 2.38. The molecule has 39 heavy (non-hydrogen) atoms. The highest BCUT2D eigenvalue weighted by molar-refractivity contribution is 7.92. The minimum Gasteiger partial charge on any atom is -0.394 e. The predicted molar refractivity (Wildman–Crippen MR) is 143 cm³/mol. The largest absolute Gasteiger partial charge is 0.394 e. The molecule has 0 saturated carbocycles. The molecule has 2 aromatic carbocycles. The molecule has 2 aliphatic rings. The van der Waals surface area contributed by atoms with Gasteiger partial charge in [0.25, 0.3) is 10.0 Å². The lowest BCUT2D eigenvalue weighted by Gasteiger charge is -2.42. The Balaban J connectivity index is 1.51. The molecule has 0 spiro atoms. The molecule has 0 aromatic heterocycles. The maximum absolute atomic E-state index is 15.0. The zero-order valence-corrected chi connectivity index (χ0v) is 23.1. The highest BCUT2D eigenvalue weighted by Crippen LogP contribution is 2.33. The second kappa shape index (κ2) is 13.2. The fraction of sp³-hybridized carbons (Fsp3) is 0.500. The van der Waals surface area contributed by atoms with Gasteiger partial charge in [-0.15, -0.1) is 0 Å². The molecule has 214 valence electrons. The van der Waals surface area contributed by atoms with Crippen molar-refractivity contribution in [1.82, 2.24) is 14.7 Å². The van der Waals surface area contributed by atoms with Crippen molar-refractivity contribution in [2.24, 2.45) is 0 Å². The fourth-order valence-corrected chi connectivity index (χ4v) is 6.74. The van der Waals surface area contributed by atoms with Crippen molar-refractivity contribution in [1.29, 1.82) is 0 Å². The number of halogens is 3. The molecule has 2 amide bonds. The Kier molecular flexibility index (Phi) is 10.00. The lowest BCUT2D eigenvalue weighted by Crippen LogP contribution is -2.57. The first-order valence-electron chi connectivity index (χ1n) is 12.9. The molecule has 0 aliphatic carbocycles. The van der Waals surface area contributed by atoms with Crippen molar-refractivity contribution in [2.45, 2.75) is 23.8 Å². The van der Waals surface area contributed by atoms with Gasteiger partial charge in [0, 0.05) is 56.9 Å². The van der Waals surface area contributed by atoms with E-state index in [4.69, 9.17) is 21.4 Å². The van der Waals surface area contributed by atoms with Gasteiger partial charge in [-0.05, 0) is 49.2 Å². The summed E-state index contributed by atoms with van der Waals surface area (Å²) in [5.41, 5.74) is -0.402. The number of rotatable bonds is 9. The molecule has 1 unspecified atom stereocenters. The van der Waals surface area contributed by atoms with E-state index >= 15 is 0 Å². The molecule has 2 heterocycles. The van der Waals surface area contributed by atoms with Crippen LogP contribution in [0.1, 0.15) is 12.8 Å². The molecule has 1 atom stereocenters. The summed E-state index contributed by atoms with van der Waals surface area (Å²) in [6.45, 7) is 4.27. The summed E-state index contributed by atoms with van der Waals surface area (Å²) in [7, 11) is -4.32. The molecule has 2 fully saturated rings. The molecule has 2 saturated heterocycles. The summed E-state index contributed by atoms with van der Waals surface area (Å²) in [4.78, 5) is 18.8. The first-order valence-corrected chi connectivity index (χ1v) is 14.7. The molecule has 2 aromatic rings. The monoisotopic (exact) mass is 586 g/mol. The number of carbonyl (C=O) groups excluding carboxylic acids is 1. The van der Waals surface area contributed by atoms with Crippen LogP contribution in [-0.4, -0.2) is 106 Å². The van der Waals surface area contributed by atoms with Gasteiger partial charge in [0.1, 0.15) is 11.6 Å². The number of hydrogen-bond donors (Lipinski definition) is 1. The van der Waals surface area contributed by atoms with Crippen molar-refractivity contribution in [3.8, 4) is 0 Å². The Morgan fingerprint density at radius 3 is 2.44 bits per heavy atom. The first-order chi connectivity index (χ1) is 18.7. The third kappa shape index (κ3) is 7.17. The molecule has 1 N–H and O–H groups in total. The van der Waals surface area contributed by atoms with Crippen molar-refractivity contribution >= 4 is 33.3 Å². The standard InChI is InChI=1S/C26H33ClF2N4O5S/c27-20-3-6-23(7-4-20)39(36,37)33(25-18-21(28)5-8-24(25)29)22-2-1-9-32(19-22)26(35)31-12-10-30(11-13-31)14-16-38-17-15-34/h3-8,18,22,34H,1-2,9-17,19H2. The molecule has 9 nitrogen and oxygen atoms in total. The zero-order chi connectivity index (χ0) is 28.0. The van der Waals surface area contributed by atoms with Gasteiger partial charge in [-0.2, -0.15) is 0 Å². The number of hydrogen-bond acceptors (Lipinski definition) is 6. The topological polar surface area (TPSA) is 93.6 Å². The van der Waals surface area contributed by atoms with Crippen molar-refractivity contribution in [2.75, 3.05) is 69.9 Å². The average Bonchev–Trinajstić information content (AvgIpc) is 2.93. The van der Waals surface area contributed by atoms with E-state index in [2.05, 4.69) is 4.90 Å². The maximum Gasteiger partial charge on any atom is 0.320 e. The molecular formula is C26H33ClF2N4O5S. The number of nitrogens with zero attached hydrogens (tertiary/aromatic N) is 4. The van der Waals surface area contributed by atoms with Crippen LogP contribution in [0, 0.1) is 11.6 Å².